The van der Waals surface area contributed by atoms with Crippen LogP contribution in [-0.2, 0) is 25.6 Å². The van der Waals surface area contributed by atoms with Gasteiger partial charge in [-0.1, -0.05) is 50.6 Å². The molecular formula is C23H36N4O5S2. The third-order valence-corrected chi connectivity index (χ3v) is 6.50. The van der Waals surface area contributed by atoms with Crippen LogP contribution >= 0.6 is 24.4 Å². The highest BCUT2D eigenvalue weighted by atomic mass is 32.2. The number of hydrogen-bond donors (Lipinski definition) is 6. The summed E-state index contributed by atoms with van der Waals surface area (Å²) in [7, 11) is 0. The molecule has 9 nitrogen and oxygen atoms in total. The quantitative estimate of drug-likeness (QED) is 0.190. The Balaban J connectivity index is 3.11. The number of benzene rings is 1. The summed E-state index contributed by atoms with van der Waals surface area (Å²) in [6.07, 6.45) is 2.86. The molecular weight excluding hydrogens is 476 g/mol. The van der Waals surface area contributed by atoms with Gasteiger partial charge in [-0.2, -0.15) is 24.4 Å². The second-order valence-corrected chi connectivity index (χ2v) is 9.44. The number of rotatable bonds is 15. The molecule has 0 radical (unpaired) electrons. The molecule has 0 saturated carbocycles. The molecule has 5 unspecified atom stereocenters. The van der Waals surface area contributed by atoms with E-state index >= 15 is 0 Å². The van der Waals surface area contributed by atoms with Gasteiger partial charge in [-0.15, -0.1) is 0 Å². The van der Waals surface area contributed by atoms with Crippen LogP contribution in [0.15, 0.2) is 30.3 Å². The normalized spacial score (nSPS) is 15.3. The lowest BCUT2D eigenvalue weighted by molar-refractivity contribution is -0.142. The molecule has 1 aromatic carbocycles. The Kier molecular flexibility index (Phi) is 13.7. The van der Waals surface area contributed by atoms with Crippen LogP contribution in [0, 0.1) is 5.92 Å². The fourth-order valence-corrected chi connectivity index (χ4v) is 3.77. The minimum atomic E-state index is -1.14. The van der Waals surface area contributed by atoms with Crippen molar-refractivity contribution < 1.29 is 24.3 Å². The largest absolute Gasteiger partial charge is 0.480 e. The molecule has 0 aliphatic rings. The van der Waals surface area contributed by atoms with Crippen LogP contribution in [0.1, 0.15) is 32.3 Å². The molecule has 0 saturated heterocycles. The molecule has 0 fully saturated rings. The van der Waals surface area contributed by atoms with Gasteiger partial charge in [0.2, 0.25) is 17.7 Å². The zero-order valence-corrected chi connectivity index (χ0v) is 21.5. The van der Waals surface area contributed by atoms with Crippen LogP contribution in [0.2, 0.25) is 0 Å². The third kappa shape index (κ3) is 9.94. The van der Waals surface area contributed by atoms with Gasteiger partial charge in [0.25, 0.3) is 0 Å². The van der Waals surface area contributed by atoms with Crippen molar-refractivity contribution in [1.82, 2.24) is 16.0 Å². The van der Waals surface area contributed by atoms with E-state index in [4.69, 9.17) is 5.73 Å². The molecule has 0 heterocycles. The van der Waals surface area contributed by atoms with E-state index in [0.29, 0.717) is 12.2 Å². The third-order valence-electron chi connectivity index (χ3n) is 5.47. The maximum atomic E-state index is 13.2. The Labute approximate surface area is 210 Å². The second kappa shape index (κ2) is 15.6. The Hall–Kier alpha value is -2.24. The van der Waals surface area contributed by atoms with E-state index in [1.165, 1.54) is 11.8 Å². The van der Waals surface area contributed by atoms with E-state index in [0.717, 1.165) is 5.56 Å². The number of carbonyl (C=O) groups is 4. The smallest absolute Gasteiger partial charge is 0.326 e. The van der Waals surface area contributed by atoms with Gasteiger partial charge in [0.05, 0.1) is 6.04 Å². The predicted octanol–water partition coefficient (Wildman–Crippen LogP) is 0.824. The van der Waals surface area contributed by atoms with Crippen LogP contribution in [0.4, 0.5) is 0 Å². The average molecular weight is 513 g/mol. The van der Waals surface area contributed by atoms with E-state index in [-0.39, 0.29) is 24.5 Å². The van der Waals surface area contributed by atoms with Crippen LogP contribution in [0.25, 0.3) is 0 Å². The summed E-state index contributed by atoms with van der Waals surface area (Å²) in [4.78, 5) is 50.2. The summed E-state index contributed by atoms with van der Waals surface area (Å²) in [6, 6.07) is 5.18. The predicted molar refractivity (Wildman–Crippen MR) is 138 cm³/mol. The van der Waals surface area contributed by atoms with E-state index in [9.17, 15) is 24.3 Å². The highest BCUT2D eigenvalue weighted by molar-refractivity contribution is 7.98. The number of thioether (sulfide) groups is 1. The van der Waals surface area contributed by atoms with E-state index in [2.05, 4.69) is 28.6 Å². The molecule has 1 rings (SSSR count). The highest BCUT2D eigenvalue weighted by Crippen LogP contribution is 2.11. The van der Waals surface area contributed by atoms with Crippen LogP contribution < -0.4 is 21.7 Å². The molecule has 0 spiro atoms. The fraction of sp³-hybridized carbons (Fsp3) is 0.565. The van der Waals surface area contributed by atoms with Crippen molar-refractivity contribution in [2.45, 2.75) is 57.3 Å². The first kappa shape index (κ1) is 29.8. The molecule has 0 aliphatic heterocycles. The van der Waals surface area contributed by atoms with Crippen LogP contribution in [0.3, 0.4) is 0 Å². The van der Waals surface area contributed by atoms with Crippen molar-refractivity contribution in [1.29, 1.82) is 0 Å². The Bertz CT molecular complexity index is 812. The number of aliphatic carboxylic acids is 1. The fourth-order valence-electron chi connectivity index (χ4n) is 3.13. The van der Waals surface area contributed by atoms with Crippen molar-refractivity contribution in [2.24, 2.45) is 11.7 Å². The Morgan fingerprint density at radius 1 is 1.03 bits per heavy atom. The van der Waals surface area contributed by atoms with E-state index < -0.39 is 47.9 Å². The summed E-state index contributed by atoms with van der Waals surface area (Å²) in [5, 5.41) is 17.4. The van der Waals surface area contributed by atoms with Gasteiger partial charge in [-0.05, 0) is 29.9 Å². The summed E-state index contributed by atoms with van der Waals surface area (Å²) >= 11 is 5.50. The van der Waals surface area contributed by atoms with E-state index in [1.54, 1.807) is 0 Å². The Morgan fingerprint density at radius 2 is 1.65 bits per heavy atom. The molecule has 3 amide bonds. The zero-order chi connectivity index (χ0) is 25.7. The van der Waals surface area contributed by atoms with Gasteiger partial charge < -0.3 is 26.8 Å². The maximum absolute atomic E-state index is 13.2. The number of nitrogens with two attached hydrogens (primary N) is 1. The van der Waals surface area contributed by atoms with E-state index in [1.807, 2.05) is 50.4 Å². The topological polar surface area (TPSA) is 151 Å². The molecule has 0 aromatic heterocycles. The number of carboxylic acid groups (broad SMARTS) is 1. The number of nitrogens with one attached hydrogen (secondary N) is 3. The van der Waals surface area contributed by atoms with Gasteiger partial charge >= 0.3 is 5.97 Å². The molecule has 11 heteroatoms. The van der Waals surface area contributed by atoms with Crippen molar-refractivity contribution in [3.05, 3.63) is 35.9 Å². The SMILES string of the molecule is CCC(C)C(NC(=O)C(N)CS)C(=O)NC(Cc1ccccc1)C(=O)NC(CCSC)C(=O)O. The second-order valence-electron chi connectivity index (χ2n) is 8.09. The van der Waals surface area contributed by atoms with Crippen LogP contribution in [0.5, 0.6) is 0 Å². The lowest BCUT2D eigenvalue weighted by Crippen LogP contribution is -2.59. The molecule has 190 valence electrons. The average Bonchev–Trinajstić information content (AvgIpc) is 2.83. The number of carbonyl (C=O) groups excluding carboxylic acids is 3. The number of thiol groups is 1. The minimum absolute atomic E-state index is 0.117. The summed E-state index contributed by atoms with van der Waals surface area (Å²) in [5.74, 6) is -2.36. The van der Waals surface area contributed by atoms with Gasteiger partial charge in [-0.3, -0.25) is 14.4 Å². The maximum Gasteiger partial charge on any atom is 0.326 e. The number of carboxylic acids is 1. The molecule has 5 atom stereocenters. The number of hydrogen-bond acceptors (Lipinski definition) is 7. The first-order valence-corrected chi connectivity index (χ1v) is 13.2. The molecule has 0 bridgehead atoms. The molecule has 34 heavy (non-hydrogen) atoms. The molecule has 0 aliphatic carbocycles. The van der Waals surface area contributed by atoms with Gasteiger partial charge in [0, 0.05) is 12.2 Å². The molecule has 6 N–H and O–H groups in total. The number of amides is 3. The summed E-state index contributed by atoms with van der Waals surface area (Å²) < 4.78 is 0. The lowest BCUT2D eigenvalue weighted by atomic mass is 9.96. The van der Waals surface area contributed by atoms with Gasteiger partial charge in [0.1, 0.15) is 18.1 Å². The first-order chi connectivity index (χ1) is 16.1. The van der Waals surface area contributed by atoms with Crippen molar-refractivity contribution in [2.75, 3.05) is 17.8 Å². The van der Waals surface area contributed by atoms with Gasteiger partial charge in [-0.25, -0.2) is 4.79 Å². The van der Waals surface area contributed by atoms with Crippen molar-refractivity contribution in [3.63, 3.8) is 0 Å². The minimum Gasteiger partial charge on any atom is -0.480 e. The standard InChI is InChI=1S/C23H36N4O5S2/c1-4-14(2)19(27-20(28)16(24)13-33)22(30)26-18(12-15-8-6-5-7-9-15)21(29)25-17(23(31)32)10-11-34-3/h5-9,14,16-19,33H,4,10-13,24H2,1-3H3,(H,25,29)(H,26,30)(H,27,28)(H,31,32). The first-order valence-electron chi connectivity index (χ1n) is 11.2. The van der Waals surface area contributed by atoms with Gasteiger partial charge in [0.15, 0.2) is 0 Å². The van der Waals surface area contributed by atoms with Crippen molar-refractivity contribution >= 4 is 48.1 Å². The summed E-state index contributed by atoms with van der Waals surface area (Å²) in [6.45, 7) is 3.69. The van der Waals surface area contributed by atoms with Crippen LogP contribution in [-0.4, -0.2) is 70.7 Å². The Morgan fingerprint density at radius 3 is 2.18 bits per heavy atom. The summed E-state index contributed by atoms with van der Waals surface area (Å²) in [5.41, 5.74) is 6.53. The molecule has 1 aromatic rings. The zero-order valence-electron chi connectivity index (χ0n) is 19.8. The highest BCUT2D eigenvalue weighted by Gasteiger charge is 2.32. The lowest BCUT2D eigenvalue weighted by Gasteiger charge is -2.28. The monoisotopic (exact) mass is 512 g/mol. The van der Waals surface area contributed by atoms with Crippen molar-refractivity contribution in [3.8, 4) is 0 Å².